The summed E-state index contributed by atoms with van der Waals surface area (Å²) in [7, 11) is 0. The third-order valence-electron chi connectivity index (χ3n) is 4.87. The number of amides is 1. The summed E-state index contributed by atoms with van der Waals surface area (Å²) in [6.45, 7) is 2.55. The van der Waals surface area contributed by atoms with Crippen LogP contribution in [0.1, 0.15) is 47.7 Å². The van der Waals surface area contributed by atoms with Gasteiger partial charge in [0, 0.05) is 18.7 Å². The summed E-state index contributed by atoms with van der Waals surface area (Å²) < 4.78 is 0. The predicted octanol–water partition coefficient (Wildman–Crippen LogP) is 2.50. The van der Waals surface area contributed by atoms with Gasteiger partial charge in [0.25, 0.3) is 5.91 Å². The fourth-order valence-electron chi connectivity index (χ4n) is 3.36. The number of nitrogens with zero attached hydrogens (tertiary/aromatic N) is 1. The molecule has 3 rings (SSSR count). The van der Waals surface area contributed by atoms with Crippen molar-refractivity contribution in [2.24, 2.45) is 5.41 Å². The first-order chi connectivity index (χ1) is 9.99. The molecule has 112 valence electrons. The molecule has 0 saturated carbocycles. The number of benzene rings is 1. The van der Waals surface area contributed by atoms with E-state index < -0.39 is 11.4 Å². The topological polar surface area (TPSA) is 57.6 Å². The van der Waals surface area contributed by atoms with Crippen molar-refractivity contribution in [3.8, 4) is 0 Å². The lowest BCUT2D eigenvalue weighted by molar-refractivity contribution is -0.147. The molecule has 0 aromatic heterocycles. The van der Waals surface area contributed by atoms with Crippen molar-refractivity contribution in [1.82, 2.24) is 4.90 Å². The molecule has 1 amide bonds. The van der Waals surface area contributed by atoms with Gasteiger partial charge in [0.15, 0.2) is 0 Å². The van der Waals surface area contributed by atoms with E-state index in [0.717, 1.165) is 12.8 Å². The standard InChI is InChI=1S/C17H21NO3/c1-17(16(20)21)8-9-18(11-17)15(19)14-7-6-12-4-2-3-5-13(12)10-14/h6-7,10H,2-5,8-9,11H2,1H3,(H,20,21)/t17-/m0/s1. The molecule has 0 radical (unpaired) electrons. The average molecular weight is 287 g/mol. The van der Waals surface area contributed by atoms with Crippen molar-refractivity contribution in [3.05, 3.63) is 34.9 Å². The van der Waals surface area contributed by atoms with Gasteiger partial charge in [0.05, 0.1) is 5.41 Å². The van der Waals surface area contributed by atoms with Crippen molar-refractivity contribution in [3.63, 3.8) is 0 Å². The van der Waals surface area contributed by atoms with E-state index in [2.05, 4.69) is 6.07 Å². The van der Waals surface area contributed by atoms with Crippen molar-refractivity contribution in [1.29, 1.82) is 0 Å². The Labute approximate surface area is 124 Å². The second-order valence-corrected chi connectivity index (χ2v) is 6.53. The SMILES string of the molecule is C[C@]1(C(=O)O)CCN(C(=O)c2ccc3c(c2)CCCC3)C1. The summed E-state index contributed by atoms with van der Waals surface area (Å²) in [5, 5.41) is 9.26. The number of hydrogen-bond donors (Lipinski definition) is 1. The van der Waals surface area contributed by atoms with E-state index in [1.165, 1.54) is 24.0 Å². The summed E-state index contributed by atoms with van der Waals surface area (Å²) in [6.07, 6.45) is 5.09. The van der Waals surface area contributed by atoms with E-state index in [-0.39, 0.29) is 5.91 Å². The minimum absolute atomic E-state index is 0.0339. The maximum Gasteiger partial charge on any atom is 0.311 e. The van der Waals surface area contributed by atoms with Crippen molar-refractivity contribution >= 4 is 11.9 Å². The zero-order valence-corrected chi connectivity index (χ0v) is 12.4. The first-order valence-electron chi connectivity index (χ1n) is 7.64. The largest absolute Gasteiger partial charge is 0.481 e. The smallest absolute Gasteiger partial charge is 0.311 e. The van der Waals surface area contributed by atoms with Gasteiger partial charge in [0.1, 0.15) is 0 Å². The molecule has 1 aliphatic carbocycles. The maximum absolute atomic E-state index is 12.6. The third-order valence-corrected chi connectivity index (χ3v) is 4.87. The predicted molar refractivity (Wildman–Crippen MR) is 79.3 cm³/mol. The number of fused-ring (bicyclic) bond motifs is 1. The van der Waals surface area contributed by atoms with Crippen LogP contribution in [-0.4, -0.2) is 35.0 Å². The number of carbonyl (C=O) groups excluding carboxylic acids is 1. The Hall–Kier alpha value is -1.84. The molecule has 1 N–H and O–H groups in total. The molecule has 1 heterocycles. The quantitative estimate of drug-likeness (QED) is 0.909. The molecular formula is C17H21NO3. The van der Waals surface area contributed by atoms with Crippen molar-refractivity contribution in [2.75, 3.05) is 13.1 Å². The van der Waals surface area contributed by atoms with Crippen molar-refractivity contribution in [2.45, 2.75) is 39.0 Å². The van der Waals surface area contributed by atoms with Crippen LogP contribution < -0.4 is 0 Å². The van der Waals surface area contributed by atoms with Crippen LogP contribution in [-0.2, 0) is 17.6 Å². The van der Waals surface area contributed by atoms with Gasteiger partial charge in [-0.2, -0.15) is 0 Å². The Bertz CT molecular complexity index is 596. The number of carboxylic acid groups (broad SMARTS) is 1. The molecule has 4 heteroatoms. The summed E-state index contributed by atoms with van der Waals surface area (Å²) in [5.41, 5.74) is 2.54. The normalized spacial score (nSPS) is 24.7. The number of aliphatic carboxylic acids is 1. The zero-order valence-electron chi connectivity index (χ0n) is 12.4. The van der Waals surface area contributed by atoms with Gasteiger partial charge >= 0.3 is 5.97 Å². The molecule has 0 bridgehead atoms. The van der Waals surface area contributed by atoms with E-state index in [1.54, 1.807) is 11.8 Å². The van der Waals surface area contributed by atoms with Crippen LogP contribution in [0, 0.1) is 5.41 Å². The number of likely N-dealkylation sites (tertiary alicyclic amines) is 1. The van der Waals surface area contributed by atoms with Gasteiger partial charge in [-0.25, -0.2) is 0 Å². The monoisotopic (exact) mass is 287 g/mol. The second-order valence-electron chi connectivity index (χ2n) is 6.53. The zero-order chi connectivity index (χ0) is 15.0. The van der Waals surface area contributed by atoms with E-state index in [0.29, 0.717) is 25.1 Å². The number of carbonyl (C=O) groups is 2. The minimum Gasteiger partial charge on any atom is -0.481 e. The molecule has 4 nitrogen and oxygen atoms in total. The van der Waals surface area contributed by atoms with Gasteiger partial charge in [-0.3, -0.25) is 9.59 Å². The molecule has 1 aromatic rings. The van der Waals surface area contributed by atoms with Gasteiger partial charge in [-0.05, 0) is 62.3 Å². The highest BCUT2D eigenvalue weighted by Crippen LogP contribution is 2.31. The van der Waals surface area contributed by atoms with Crippen LogP contribution in [0.2, 0.25) is 0 Å². The molecule has 0 unspecified atom stereocenters. The molecule has 1 aromatic carbocycles. The van der Waals surface area contributed by atoms with E-state index in [4.69, 9.17) is 0 Å². The Balaban J connectivity index is 1.79. The van der Waals surface area contributed by atoms with Crippen LogP contribution in [0.25, 0.3) is 0 Å². The lowest BCUT2D eigenvalue weighted by Crippen LogP contribution is -2.34. The molecule has 1 fully saturated rings. The lowest BCUT2D eigenvalue weighted by atomic mass is 9.90. The highest BCUT2D eigenvalue weighted by molar-refractivity contribution is 5.95. The van der Waals surface area contributed by atoms with Crippen LogP contribution in [0.3, 0.4) is 0 Å². The molecule has 2 aliphatic rings. The summed E-state index contributed by atoms with van der Waals surface area (Å²) in [5.74, 6) is -0.850. The van der Waals surface area contributed by atoms with Gasteiger partial charge in [0.2, 0.25) is 0 Å². The molecule has 1 atom stereocenters. The Kier molecular flexibility index (Phi) is 3.47. The van der Waals surface area contributed by atoms with Gasteiger partial charge in [-0.1, -0.05) is 6.07 Å². The van der Waals surface area contributed by atoms with E-state index in [1.807, 2.05) is 12.1 Å². The van der Waals surface area contributed by atoms with Crippen molar-refractivity contribution < 1.29 is 14.7 Å². The Morgan fingerprint density at radius 1 is 1.19 bits per heavy atom. The number of rotatable bonds is 2. The van der Waals surface area contributed by atoms with Crippen LogP contribution >= 0.6 is 0 Å². The minimum atomic E-state index is -0.816. The fourth-order valence-corrected chi connectivity index (χ4v) is 3.36. The van der Waals surface area contributed by atoms with Crippen LogP contribution in [0.4, 0.5) is 0 Å². The first kappa shape index (κ1) is 14.1. The second kappa shape index (κ2) is 5.17. The van der Waals surface area contributed by atoms with E-state index in [9.17, 15) is 14.7 Å². The average Bonchev–Trinajstić information content (AvgIpc) is 2.90. The third kappa shape index (κ3) is 2.55. The molecule has 1 saturated heterocycles. The molecular weight excluding hydrogens is 266 g/mol. The first-order valence-corrected chi connectivity index (χ1v) is 7.64. The maximum atomic E-state index is 12.6. The van der Waals surface area contributed by atoms with Crippen LogP contribution in [0.15, 0.2) is 18.2 Å². The molecule has 21 heavy (non-hydrogen) atoms. The number of carboxylic acids is 1. The number of hydrogen-bond acceptors (Lipinski definition) is 2. The highest BCUT2D eigenvalue weighted by Gasteiger charge is 2.42. The van der Waals surface area contributed by atoms with Gasteiger partial charge in [-0.15, -0.1) is 0 Å². The highest BCUT2D eigenvalue weighted by atomic mass is 16.4. The summed E-state index contributed by atoms with van der Waals surface area (Å²) in [4.78, 5) is 25.5. The summed E-state index contributed by atoms with van der Waals surface area (Å²) in [6, 6.07) is 5.96. The fraction of sp³-hybridized carbons (Fsp3) is 0.529. The number of aryl methyl sites for hydroxylation is 2. The molecule has 1 aliphatic heterocycles. The van der Waals surface area contributed by atoms with Crippen LogP contribution in [0.5, 0.6) is 0 Å². The van der Waals surface area contributed by atoms with E-state index >= 15 is 0 Å². The lowest BCUT2D eigenvalue weighted by Gasteiger charge is -2.21. The molecule has 0 spiro atoms. The Morgan fingerprint density at radius 2 is 1.90 bits per heavy atom. The van der Waals surface area contributed by atoms with Gasteiger partial charge < -0.3 is 10.0 Å². The Morgan fingerprint density at radius 3 is 2.57 bits per heavy atom. The summed E-state index contributed by atoms with van der Waals surface area (Å²) >= 11 is 0.